The lowest BCUT2D eigenvalue weighted by Gasteiger charge is -2.01. The second-order valence-corrected chi connectivity index (χ2v) is 5.14. The molecule has 0 bridgehead atoms. The number of aliphatic hydroxyl groups excluding tert-OH is 4. The molecule has 0 aliphatic heterocycles. The Balaban J connectivity index is 0. The van der Waals surface area contributed by atoms with Gasteiger partial charge in [-0.2, -0.15) is 0 Å². The van der Waals surface area contributed by atoms with Crippen molar-refractivity contribution in [2.24, 2.45) is 0 Å². The third-order valence-electron chi connectivity index (χ3n) is 3.13. The molecule has 0 atom stereocenters. The van der Waals surface area contributed by atoms with Crippen LogP contribution in [0, 0.1) is 0 Å². The molecule has 0 fully saturated rings. The summed E-state index contributed by atoms with van der Waals surface area (Å²) in [4.78, 5) is 0. The van der Waals surface area contributed by atoms with Crippen molar-refractivity contribution in [3.05, 3.63) is 0 Å². The van der Waals surface area contributed by atoms with Crippen LogP contribution >= 0.6 is 0 Å². The van der Waals surface area contributed by atoms with E-state index in [1.807, 2.05) is 0 Å². The summed E-state index contributed by atoms with van der Waals surface area (Å²) < 4.78 is 0. The van der Waals surface area contributed by atoms with Gasteiger partial charge < -0.3 is 20.4 Å². The summed E-state index contributed by atoms with van der Waals surface area (Å²) in [6.45, 7) is 1.09. The van der Waals surface area contributed by atoms with Gasteiger partial charge in [0.25, 0.3) is 0 Å². The van der Waals surface area contributed by atoms with E-state index < -0.39 is 0 Å². The number of aliphatic hydroxyl groups is 4. The van der Waals surface area contributed by atoms with E-state index in [0.29, 0.717) is 13.2 Å². The van der Waals surface area contributed by atoms with Crippen molar-refractivity contribution < 1.29 is 20.4 Å². The molecule has 4 N–H and O–H groups in total. The summed E-state index contributed by atoms with van der Waals surface area (Å²) >= 11 is 0. The summed E-state index contributed by atoms with van der Waals surface area (Å²) in [5, 5.41) is 33.3. The molecule has 0 aromatic heterocycles. The molecule has 4 heteroatoms. The fourth-order valence-electron chi connectivity index (χ4n) is 1.86. The molecule has 0 unspecified atom stereocenters. The predicted molar refractivity (Wildman–Crippen MR) is 83.7 cm³/mol. The van der Waals surface area contributed by atoms with Crippen LogP contribution in [-0.4, -0.2) is 46.9 Å². The van der Waals surface area contributed by atoms with Crippen molar-refractivity contribution in [1.82, 2.24) is 0 Å². The first kappa shape index (κ1) is 22.1. The molecule has 0 aliphatic carbocycles. The van der Waals surface area contributed by atoms with Crippen molar-refractivity contribution >= 4 is 0 Å². The third kappa shape index (κ3) is 26.4. The molecule has 0 aliphatic rings. The topological polar surface area (TPSA) is 80.9 Å². The molecule has 0 saturated carbocycles. The summed E-state index contributed by atoms with van der Waals surface area (Å²) in [6.07, 6.45) is 13.6. The minimum Gasteiger partial charge on any atom is -0.396 e. The fraction of sp³-hybridized carbons (Fsp3) is 1.00. The van der Waals surface area contributed by atoms with Crippen molar-refractivity contribution in [3.63, 3.8) is 0 Å². The standard InChI is InChI=1S/C12H26O2.C4H10O2/c13-11-9-7-5-3-1-2-4-6-8-10-12-14;5-3-1-2-4-6/h13-14H,1-12H2;5-6H,1-4H2. The van der Waals surface area contributed by atoms with Crippen molar-refractivity contribution in [2.45, 2.75) is 77.0 Å². The Kier molecular flexibility index (Phi) is 26.4. The van der Waals surface area contributed by atoms with Crippen LogP contribution in [0.1, 0.15) is 77.0 Å². The highest BCUT2D eigenvalue weighted by atomic mass is 16.3. The van der Waals surface area contributed by atoms with Gasteiger partial charge in [0.1, 0.15) is 0 Å². The van der Waals surface area contributed by atoms with E-state index in [2.05, 4.69) is 0 Å². The minimum atomic E-state index is 0.195. The molecule has 4 nitrogen and oxygen atoms in total. The predicted octanol–water partition coefficient (Wildman–Crippen LogP) is 2.62. The molecule has 0 aromatic carbocycles. The average molecular weight is 292 g/mol. The van der Waals surface area contributed by atoms with E-state index in [4.69, 9.17) is 20.4 Å². The Bertz CT molecular complexity index is 126. The second-order valence-electron chi connectivity index (χ2n) is 5.14. The first-order chi connectivity index (χ1) is 9.83. The fourth-order valence-corrected chi connectivity index (χ4v) is 1.86. The number of unbranched alkanes of at least 4 members (excludes halogenated alkanes) is 10. The van der Waals surface area contributed by atoms with E-state index >= 15 is 0 Å². The Labute approximate surface area is 124 Å². The van der Waals surface area contributed by atoms with E-state index in [1.165, 1.54) is 51.4 Å². The Morgan fingerprint density at radius 3 is 0.600 bits per heavy atom. The minimum absolute atomic E-state index is 0.195. The molecule has 0 aromatic rings. The maximum absolute atomic E-state index is 8.57. The maximum atomic E-state index is 8.57. The van der Waals surface area contributed by atoms with Crippen LogP contribution < -0.4 is 0 Å². The van der Waals surface area contributed by atoms with Crippen LogP contribution in [0.3, 0.4) is 0 Å². The number of hydrogen-bond acceptors (Lipinski definition) is 4. The third-order valence-corrected chi connectivity index (χ3v) is 3.13. The van der Waals surface area contributed by atoms with Crippen molar-refractivity contribution in [3.8, 4) is 0 Å². The van der Waals surface area contributed by atoms with E-state index in [-0.39, 0.29) is 13.2 Å². The highest BCUT2D eigenvalue weighted by Gasteiger charge is 1.92. The lowest BCUT2D eigenvalue weighted by molar-refractivity contribution is 0.242. The van der Waals surface area contributed by atoms with Gasteiger partial charge in [-0.3, -0.25) is 0 Å². The molecule has 0 spiro atoms. The summed E-state index contributed by atoms with van der Waals surface area (Å²) in [5.41, 5.74) is 0. The van der Waals surface area contributed by atoms with Gasteiger partial charge in [-0.1, -0.05) is 51.4 Å². The molecule has 124 valence electrons. The zero-order valence-corrected chi connectivity index (χ0v) is 13.1. The van der Waals surface area contributed by atoms with Crippen molar-refractivity contribution in [2.75, 3.05) is 26.4 Å². The van der Waals surface area contributed by atoms with Crippen LogP contribution in [0.4, 0.5) is 0 Å². The van der Waals surface area contributed by atoms with Crippen LogP contribution in [0.2, 0.25) is 0 Å². The molecular weight excluding hydrogens is 256 g/mol. The molecule has 0 amide bonds. The first-order valence-electron chi connectivity index (χ1n) is 8.26. The van der Waals surface area contributed by atoms with Gasteiger partial charge in [-0.05, 0) is 25.7 Å². The van der Waals surface area contributed by atoms with Gasteiger partial charge >= 0.3 is 0 Å². The normalized spacial score (nSPS) is 10.2. The van der Waals surface area contributed by atoms with Gasteiger partial charge in [0.2, 0.25) is 0 Å². The van der Waals surface area contributed by atoms with Gasteiger partial charge in [0.15, 0.2) is 0 Å². The Hall–Kier alpha value is -0.160. The quantitative estimate of drug-likeness (QED) is 0.371. The molecular formula is C16H36O4. The summed E-state index contributed by atoms with van der Waals surface area (Å²) in [6, 6.07) is 0. The van der Waals surface area contributed by atoms with Crippen LogP contribution in [0.5, 0.6) is 0 Å². The SMILES string of the molecule is OCCCCCCCCCCCCO.OCCCCO. The molecule has 0 saturated heterocycles. The zero-order chi connectivity index (χ0) is 15.3. The first-order valence-corrected chi connectivity index (χ1v) is 8.26. The molecule has 0 rings (SSSR count). The van der Waals surface area contributed by atoms with Crippen molar-refractivity contribution in [1.29, 1.82) is 0 Å². The number of hydrogen-bond donors (Lipinski definition) is 4. The van der Waals surface area contributed by atoms with Crippen LogP contribution in [0.25, 0.3) is 0 Å². The van der Waals surface area contributed by atoms with Gasteiger partial charge in [0, 0.05) is 26.4 Å². The second kappa shape index (κ2) is 23.9. The Morgan fingerprint density at radius 1 is 0.250 bits per heavy atom. The van der Waals surface area contributed by atoms with Gasteiger partial charge in [-0.15, -0.1) is 0 Å². The van der Waals surface area contributed by atoms with E-state index in [1.54, 1.807) is 0 Å². The Morgan fingerprint density at radius 2 is 0.400 bits per heavy atom. The highest BCUT2D eigenvalue weighted by Crippen LogP contribution is 2.10. The summed E-state index contributed by atoms with van der Waals surface area (Å²) in [7, 11) is 0. The smallest absolute Gasteiger partial charge is 0.0431 e. The van der Waals surface area contributed by atoms with E-state index in [0.717, 1.165) is 25.7 Å². The lowest BCUT2D eigenvalue weighted by atomic mass is 10.1. The monoisotopic (exact) mass is 292 g/mol. The largest absolute Gasteiger partial charge is 0.396 e. The molecule has 0 heterocycles. The average Bonchev–Trinajstić information content (AvgIpc) is 2.48. The van der Waals surface area contributed by atoms with E-state index in [9.17, 15) is 0 Å². The zero-order valence-electron chi connectivity index (χ0n) is 13.1. The number of rotatable bonds is 14. The van der Waals surface area contributed by atoms with Crippen LogP contribution in [-0.2, 0) is 0 Å². The summed E-state index contributed by atoms with van der Waals surface area (Å²) in [5.74, 6) is 0. The van der Waals surface area contributed by atoms with Gasteiger partial charge in [0.05, 0.1) is 0 Å². The maximum Gasteiger partial charge on any atom is 0.0431 e. The lowest BCUT2D eigenvalue weighted by Crippen LogP contribution is -1.85. The van der Waals surface area contributed by atoms with Crippen LogP contribution in [0.15, 0.2) is 0 Å². The molecule has 0 radical (unpaired) electrons. The van der Waals surface area contributed by atoms with Gasteiger partial charge in [-0.25, -0.2) is 0 Å². The molecule has 20 heavy (non-hydrogen) atoms. The highest BCUT2D eigenvalue weighted by molar-refractivity contribution is 4.47.